The zero-order valence-corrected chi connectivity index (χ0v) is 10.1. The number of aliphatic hydroxyl groups is 1. The predicted octanol–water partition coefficient (Wildman–Crippen LogP) is 2.73. The molecule has 4 heteroatoms. The summed E-state index contributed by atoms with van der Waals surface area (Å²) in [6.07, 6.45) is 1.60. The molecule has 0 aliphatic rings. The van der Waals surface area contributed by atoms with Crippen molar-refractivity contribution in [3.8, 4) is 0 Å². The van der Waals surface area contributed by atoms with E-state index < -0.39 is 0 Å². The smallest absolute Gasteiger partial charge is 0.129 e. The van der Waals surface area contributed by atoms with E-state index in [2.05, 4.69) is 5.32 Å². The van der Waals surface area contributed by atoms with E-state index >= 15 is 0 Å². The molecule has 0 aromatic heterocycles. The summed E-state index contributed by atoms with van der Waals surface area (Å²) in [6.45, 7) is 2.64. The second-order valence-corrected chi connectivity index (χ2v) is 4.17. The Bertz CT molecular complexity index is 333. The average Bonchev–Trinajstić information content (AvgIpc) is 2.26. The van der Waals surface area contributed by atoms with E-state index in [1.54, 1.807) is 12.1 Å². The first-order chi connectivity index (χ1) is 7.67. The Morgan fingerprint density at radius 3 is 2.81 bits per heavy atom. The largest absolute Gasteiger partial charge is 0.396 e. The quantitative estimate of drug-likeness (QED) is 0.808. The molecular formula is C12H17ClFNO. The van der Waals surface area contributed by atoms with Crippen molar-refractivity contribution in [2.45, 2.75) is 32.4 Å². The summed E-state index contributed by atoms with van der Waals surface area (Å²) in [5, 5.41) is 12.4. The highest BCUT2D eigenvalue weighted by atomic mass is 35.5. The van der Waals surface area contributed by atoms with E-state index in [4.69, 9.17) is 16.7 Å². The Balaban J connectivity index is 2.53. The minimum atomic E-state index is -0.293. The summed E-state index contributed by atoms with van der Waals surface area (Å²) in [5.74, 6) is -0.293. The van der Waals surface area contributed by atoms with Gasteiger partial charge in [-0.2, -0.15) is 0 Å². The summed E-state index contributed by atoms with van der Waals surface area (Å²) in [6, 6.07) is 4.89. The molecule has 1 aromatic carbocycles. The van der Waals surface area contributed by atoms with Crippen molar-refractivity contribution in [2.24, 2.45) is 0 Å². The Labute approximate surface area is 100 Å². The van der Waals surface area contributed by atoms with Crippen molar-refractivity contribution in [2.75, 3.05) is 6.61 Å². The molecule has 0 aliphatic heterocycles. The normalized spacial score (nSPS) is 12.8. The monoisotopic (exact) mass is 245 g/mol. The predicted molar refractivity (Wildman–Crippen MR) is 64.0 cm³/mol. The fraction of sp³-hybridized carbons (Fsp3) is 0.500. The molecule has 0 amide bonds. The van der Waals surface area contributed by atoms with Gasteiger partial charge in [0.05, 0.1) is 0 Å². The van der Waals surface area contributed by atoms with Crippen molar-refractivity contribution in [1.82, 2.24) is 5.32 Å². The molecule has 0 spiro atoms. The fourth-order valence-corrected chi connectivity index (χ4v) is 1.68. The van der Waals surface area contributed by atoms with Crippen LogP contribution in [-0.4, -0.2) is 17.8 Å². The molecule has 1 unspecified atom stereocenters. The maximum absolute atomic E-state index is 13.4. The number of hydrogen-bond acceptors (Lipinski definition) is 2. The van der Waals surface area contributed by atoms with E-state index in [0.717, 1.165) is 6.42 Å². The Morgan fingerprint density at radius 2 is 2.25 bits per heavy atom. The van der Waals surface area contributed by atoms with E-state index in [9.17, 15) is 4.39 Å². The third kappa shape index (κ3) is 4.08. The lowest BCUT2D eigenvalue weighted by Gasteiger charge is -2.15. The van der Waals surface area contributed by atoms with Gasteiger partial charge in [0.1, 0.15) is 5.82 Å². The number of aliphatic hydroxyl groups excluding tert-OH is 1. The average molecular weight is 246 g/mol. The molecule has 1 rings (SSSR count). The molecule has 2 nitrogen and oxygen atoms in total. The Kier molecular flexibility index (Phi) is 5.74. The van der Waals surface area contributed by atoms with Crippen LogP contribution in [0.5, 0.6) is 0 Å². The lowest BCUT2D eigenvalue weighted by molar-refractivity contribution is 0.261. The standard InChI is InChI=1S/C12H17ClFNO/c1-2-11(5-6-16)15-8-9-3-4-10(13)7-12(9)14/h3-4,7,11,15-16H,2,5-6,8H2,1H3. The highest BCUT2D eigenvalue weighted by Gasteiger charge is 2.07. The molecule has 1 aromatic rings. The van der Waals surface area contributed by atoms with Crippen molar-refractivity contribution < 1.29 is 9.50 Å². The molecule has 0 radical (unpaired) electrons. The van der Waals surface area contributed by atoms with Crippen molar-refractivity contribution >= 4 is 11.6 Å². The van der Waals surface area contributed by atoms with Crippen molar-refractivity contribution in [3.05, 3.63) is 34.6 Å². The molecule has 0 fully saturated rings. The van der Waals surface area contributed by atoms with Gasteiger partial charge in [0.15, 0.2) is 0 Å². The van der Waals surface area contributed by atoms with E-state index in [0.29, 0.717) is 23.6 Å². The van der Waals surface area contributed by atoms with Gasteiger partial charge < -0.3 is 10.4 Å². The summed E-state index contributed by atoms with van der Waals surface area (Å²) in [7, 11) is 0. The summed E-state index contributed by atoms with van der Waals surface area (Å²) in [5.41, 5.74) is 0.598. The molecule has 0 heterocycles. The maximum Gasteiger partial charge on any atom is 0.129 e. The molecule has 0 saturated carbocycles. The summed E-state index contributed by atoms with van der Waals surface area (Å²) >= 11 is 5.66. The summed E-state index contributed by atoms with van der Waals surface area (Å²) < 4.78 is 13.4. The number of hydrogen-bond donors (Lipinski definition) is 2. The highest BCUT2D eigenvalue weighted by molar-refractivity contribution is 6.30. The van der Waals surface area contributed by atoms with Gasteiger partial charge in [-0.25, -0.2) is 4.39 Å². The number of nitrogens with one attached hydrogen (secondary N) is 1. The lowest BCUT2D eigenvalue weighted by atomic mass is 10.1. The molecular weight excluding hydrogens is 229 g/mol. The van der Waals surface area contributed by atoms with Gasteiger partial charge >= 0.3 is 0 Å². The topological polar surface area (TPSA) is 32.3 Å². The van der Waals surface area contributed by atoms with Gasteiger partial charge in [-0.15, -0.1) is 0 Å². The number of benzene rings is 1. The van der Waals surface area contributed by atoms with Crippen molar-refractivity contribution in [1.29, 1.82) is 0 Å². The van der Waals surface area contributed by atoms with Crippen LogP contribution in [0, 0.1) is 5.82 Å². The molecule has 1 atom stereocenters. The first kappa shape index (κ1) is 13.4. The van der Waals surface area contributed by atoms with Crippen LogP contribution in [-0.2, 0) is 6.54 Å². The first-order valence-electron chi connectivity index (χ1n) is 5.45. The second-order valence-electron chi connectivity index (χ2n) is 3.73. The van der Waals surface area contributed by atoms with E-state index in [1.165, 1.54) is 6.07 Å². The summed E-state index contributed by atoms with van der Waals surface area (Å²) in [4.78, 5) is 0. The number of halogens is 2. The van der Waals surface area contributed by atoms with Crippen LogP contribution in [0.4, 0.5) is 4.39 Å². The van der Waals surface area contributed by atoms with Gasteiger partial charge in [0, 0.05) is 29.8 Å². The van der Waals surface area contributed by atoms with Crippen LogP contribution >= 0.6 is 11.6 Å². The van der Waals surface area contributed by atoms with E-state index in [1.807, 2.05) is 6.92 Å². The van der Waals surface area contributed by atoms with Gasteiger partial charge in [0.2, 0.25) is 0 Å². The minimum absolute atomic E-state index is 0.147. The SMILES string of the molecule is CCC(CCO)NCc1ccc(Cl)cc1F. The van der Waals surface area contributed by atoms with Gasteiger partial charge in [-0.05, 0) is 25.0 Å². The number of rotatable bonds is 6. The van der Waals surface area contributed by atoms with Gasteiger partial charge in [-0.1, -0.05) is 24.6 Å². The Morgan fingerprint density at radius 1 is 1.50 bits per heavy atom. The van der Waals surface area contributed by atoms with Crippen LogP contribution in [0.25, 0.3) is 0 Å². The molecule has 0 aliphatic carbocycles. The van der Waals surface area contributed by atoms with E-state index in [-0.39, 0.29) is 18.5 Å². The molecule has 90 valence electrons. The van der Waals surface area contributed by atoms with Crippen molar-refractivity contribution in [3.63, 3.8) is 0 Å². The highest BCUT2D eigenvalue weighted by Crippen LogP contribution is 2.14. The second kappa shape index (κ2) is 6.84. The lowest BCUT2D eigenvalue weighted by Crippen LogP contribution is -2.29. The Hall–Kier alpha value is -0.640. The zero-order valence-electron chi connectivity index (χ0n) is 9.34. The minimum Gasteiger partial charge on any atom is -0.396 e. The van der Waals surface area contributed by atoms with Crippen LogP contribution < -0.4 is 5.32 Å². The fourth-order valence-electron chi connectivity index (χ4n) is 1.53. The molecule has 2 N–H and O–H groups in total. The third-order valence-corrected chi connectivity index (χ3v) is 2.80. The third-order valence-electron chi connectivity index (χ3n) is 2.57. The zero-order chi connectivity index (χ0) is 12.0. The van der Waals surface area contributed by atoms with Crippen LogP contribution in [0.2, 0.25) is 5.02 Å². The first-order valence-corrected chi connectivity index (χ1v) is 5.83. The molecule has 16 heavy (non-hydrogen) atoms. The molecule has 0 bridgehead atoms. The van der Waals surface area contributed by atoms with Gasteiger partial charge in [0.25, 0.3) is 0 Å². The maximum atomic E-state index is 13.4. The van der Waals surface area contributed by atoms with Crippen LogP contribution in [0.3, 0.4) is 0 Å². The molecule has 0 saturated heterocycles. The van der Waals surface area contributed by atoms with Crippen LogP contribution in [0.15, 0.2) is 18.2 Å². The van der Waals surface area contributed by atoms with Crippen LogP contribution in [0.1, 0.15) is 25.3 Å². The van der Waals surface area contributed by atoms with Gasteiger partial charge in [-0.3, -0.25) is 0 Å².